The lowest BCUT2D eigenvalue weighted by molar-refractivity contribution is -0.0505. The first-order valence-corrected chi connectivity index (χ1v) is 10.9. The van der Waals surface area contributed by atoms with Gasteiger partial charge >= 0.3 is 6.61 Å². The molecule has 2 heterocycles. The Balaban J connectivity index is 0.00000385. The van der Waals surface area contributed by atoms with Gasteiger partial charge in [0.05, 0.1) is 19.3 Å². The summed E-state index contributed by atoms with van der Waals surface area (Å²) in [6.07, 6.45) is 3.79. The van der Waals surface area contributed by atoms with Gasteiger partial charge in [0, 0.05) is 50.0 Å². The topological polar surface area (TPSA) is 71.0 Å². The molecule has 1 fully saturated rings. The minimum atomic E-state index is -2.91. The molecule has 0 unspecified atom stereocenters. The fraction of sp³-hybridized carbons (Fsp3) is 0.478. The number of nitrogens with one attached hydrogen (secondary N) is 2. The third kappa shape index (κ3) is 8.92. The molecule has 0 amide bonds. The van der Waals surface area contributed by atoms with Gasteiger partial charge in [-0.25, -0.2) is 4.99 Å². The van der Waals surface area contributed by atoms with Gasteiger partial charge in [-0.1, -0.05) is 6.07 Å². The number of hydrogen-bond donors (Lipinski definition) is 2. The van der Waals surface area contributed by atoms with Crippen LogP contribution in [0.2, 0.25) is 0 Å². The van der Waals surface area contributed by atoms with Crippen LogP contribution in [0.25, 0.3) is 0 Å². The number of guanidine groups is 1. The highest BCUT2D eigenvalue weighted by Crippen LogP contribution is 2.27. The van der Waals surface area contributed by atoms with Crippen molar-refractivity contribution in [2.75, 3.05) is 26.7 Å². The number of rotatable bonds is 9. The number of methoxy groups -OCH3 is 1. The molecular weight excluding hydrogens is 543 g/mol. The van der Waals surface area contributed by atoms with Crippen molar-refractivity contribution in [2.24, 2.45) is 4.99 Å². The standard InChI is InChI=1S/C23H31F2N5O2.HI/c1-3-26-23(28-15-17-7-8-20(31-2)14-21(17)32-22(24)25)29-18-9-12-30(13-10-18)16-19-6-4-5-11-27-19;/h4-8,11,14,18,22H,3,9-10,12-13,15-16H2,1-2H3,(H2,26,28,29);1H. The number of pyridine rings is 1. The van der Waals surface area contributed by atoms with E-state index in [1.54, 1.807) is 12.1 Å². The summed E-state index contributed by atoms with van der Waals surface area (Å²) in [4.78, 5) is 11.4. The molecule has 0 aliphatic carbocycles. The first kappa shape index (κ1) is 27.0. The molecule has 0 atom stereocenters. The predicted molar refractivity (Wildman–Crippen MR) is 136 cm³/mol. The van der Waals surface area contributed by atoms with E-state index in [1.807, 2.05) is 31.3 Å². The summed E-state index contributed by atoms with van der Waals surface area (Å²) in [7, 11) is 1.48. The first-order chi connectivity index (χ1) is 15.6. The maximum Gasteiger partial charge on any atom is 0.387 e. The van der Waals surface area contributed by atoms with Crippen LogP contribution in [-0.2, 0) is 13.1 Å². The van der Waals surface area contributed by atoms with Crippen molar-refractivity contribution in [1.29, 1.82) is 0 Å². The summed E-state index contributed by atoms with van der Waals surface area (Å²) in [5.74, 6) is 1.19. The number of aliphatic imine (C=N–C) groups is 1. The molecule has 0 bridgehead atoms. The van der Waals surface area contributed by atoms with E-state index < -0.39 is 6.61 Å². The molecule has 1 aliphatic rings. The molecule has 10 heteroatoms. The first-order valence-electron chi connectivity index (χ1n) is 10.9. The van der Waals surface area contributed by atoms with Crippen LogP contribution in [0.3, 0.4) is 0 Å². The zero-order valence-electron chi connectivity index (χ0n) is 19.0. The van der Waals surface area contributed by atoms with Gasteiger partial charge in [-0.2, -0.15) is 8.78 Å². The van der Waals surface area contributed by atoms with Gasteiger partial charge < -0.3 is 20.1 Å². The average molecular weight is 575 g/mol. The Kier molecular flexibility index (Phi) is 11.6. The molecule has 1 aromatic heterocycles. The van der Waals surface area contributed by atoms with Crippen LogP contribution in [0, 0.1) is 0 Å². The summed E-state index contributed by atoms with van der Waals surface area (Å²) >= 11 is 0. The van der Waals surface area contributed by atoms with Gasteiger partial charge in [-0.05, 0) is 44.0 Å². The Labute approximate surface area is 211 Å². The molecule has 3 rings (SSSR count). The molecule has 1 aromatic carbocycles. The molecule has 182 valence electrons. The second-order valence-corrected chi connectivity index (χ2v) is 7.56. The summed E-state index contributed by atoms with van der Waals surface area (Å²) in [6, 6.07) is 11.1. The zero-order valence-corrected chi connectivity index (χ0v) is 21.3. The molecule has 33 heavy (non-hydrogen) atoms. The minimum absolute atomic E-state index is 0. The predicted octanol–water partition coefficient (Wildman–Crippen LogP) is 4.03. The molecular formula is C23H32F2IN5O2. The molecule has 2 aromatic rings. The number of likely N-dealkylation sites (tertiary alicyclic amines) is 1. The molecule has 0 saturated carbocycles. The summed E-state index contributed by atoms with van der Waals surface area (Å²) in [5.41, 5.74) is 1.64. The van der Waals surface area contributed by atoms with Gasteiger partial charge in [0.15, 0.2) is 5.96 Å². The van der Waals surface area contributed by atoms with Crippen LogP contribution in [0.1, 0.15) is 31.0 Å². The number of piperidine rings is 1. The second kappa shape index (κ2) is 14.1. The van der Waals surface area contributed by atoms with Crippen LogP contribution in [0.15, 0.2) is 47.6 Å². The molecule has 1 aliphatic heterocycles. The van der Waals surface area contributed by atoms with Gasteiger partial charge in [0.25, 0.3) is 0 Å². The molecule has 7 nitrogen and oxygen atoms in total. The Hall–Kier alpha value is -2.21. The molecule has 0 spiro atoms. The van der Waals surface area contributed by atoms with Crippen LogP contribution in [0.5, 0.6) is 11.5 Å². The lowest BCUT2D eigenvalue weighted by Crippen LogP contribution is -2.48. The van der Waals surface area contributed by atoms with E-state index in [2.05, 4.69) is 30.2 Å². The van der Waals surface area contributed by atoms with Gasteiger partial charge in [-0.3, -0.25) is 9.88 Å². The van der Waals surface area contributed by atoms with Crippen molar-refractivity contribution >= 4 is 29.9 Å². The van der Waals surface area contributed by atoms with Gasteiger partial charge in [0.2, 0.25) is 0 Å². The summed E-state index contributed by atoms with van der Waals surface area (Å²) in [6.45, 7) is 2.79. The van der Waals surface area contributed by atoms with Crippen molar-refractivity contribution in [3.63, 3.8) is 0 Å². The SMILES string of the molecule is CCNC(=NCc1ccc(OC)cc1OC(F)F)NC1CCN(Cc2ccccn2)CC1.I. The number of benzene rings is 1. The summed E-state index contributed by atoms with van der Waals surface area (Å²) < 4.78 is 35.4. The van der Waals surface area contributed by atoms with Crippen LogP contribution in [-0.4, -0.2) is 55.2 Å². The van der Waals surface area contributed by atoms with Crippen LogP contribution in [0.4, 0.5) is 8.78 Å². The lowest BCUT2D eigenvalue weighted by Gasteiger charge is -2.32. The Bertz CT molecular complexity index is 865. The fourth-order valence-corrected chi connectivity index (χ4v) is 3.63. The average Bonchev–Trinajstić information content (AvgIpc) is 2.79. The van der Waals surface area contributed by atoms with E-state index in [0.29, 0.717) is 29.9 Å². The zero-order chi connectivity index (χ0) is 22.8. The fourth-order valence-electron chi connectivity index (χ4n) is 3.63. The number of halogens is 3. The van der Waals surface area contributed by atoms with Gasteiger partial charge in [-0.15, -0.1) is 24.0 Å². The summed E-state index contributed by atoms with van der Waals surface area (Å²) in [5, 5.41) is 6.71. The highest BCUT2D eigenvalue weighted by Gasteiger charge is 2.20. The number of hydrogen-bond acceptors (Lipinski definition) is 5. The van der Waals surface area contributed by atoms with Crippen molar-refractivity contribution < 1.29 is 18.3 Å². The molecule has 2 N–H and O–H groups in total. The largest absolute Gasteiger partial charge is 0.497 e. The van der Waals surface area contributed by atoms with Crippen molar-refractivity contribution in [1.82, 2.24) is 20.5 Å². The smallest absolute Gasteiger partial charge is 0.387 e. The maximum absolute atomic E-state index is 12.8. The number of ether oxygens (including phenoxy) is 2. The van der Waals surface area contributed by atoms with Crippen molar-refractivity contribution in [3.8, 4) is 11.5 Å². The van der Waals surface area contributed by atoms with Crippen molar-refractivity contribution in [2.45, 2.75) is 45.5 Å². The number of nitrogens with zero attached hydrogens (tertiary/aromatic N) is 3. The van der Waals surface area contributed by atoms with E-state index in [0.717, 1.165) is 38.2 Å². The molecule has 0 radical (unpaired) electrons. The molecule has 1 saturated heterocycles. The van der Waals surface area contributed by atoms with E-state index in [4.69, 9.17) is 4.74 Å². The number of alkyl halides is 2. The van der Waals surface area contributed by atoms with E-state index in [1.165, 1.54) is 13.2 Å². The van der Waals surface area contributed by atoms with Crippen molar-refractivity contribution in [3.05, 3.63) is 53.9 Å². The van der Waals surface area contributed by atoms with E-state index in [9.17, 15) is 8.78 Å². The quantitative estimate of drug-likeness (QED) is 0.268. The highest BCUT2D eigenvalue weighted by atomic mass is 127. The van der Waals surface area contributed by atoms with Crippen LogP contribution >= 0.6 is 24.0 Å². The third-order valence-electron chi connectivity index (χ3n) is 5.28. The monoisotopic (exact) mass is 575 g/mol. The van der Waals surface area contributed by atoms with E-state index >= 15 is 0 Å². The van der Waals surface area contributed by atoms with Crippen LogP contribution < -0.4 is 20.1 Å². The Morgan fingerprint density at radius 3 is 2.67 bits per heavy atom. The third-order valence-corrected chi connectivity index (χ3v) is 5.28. The minimum Gasteiger partial charge on any atom is -0.497 e. The maximum atomic E-state index is 12.8. The Morgan fingerprint density at radius 2 is 2.03 bits per heavy atom. The normalized spacial score (nSPS) is 15.1. The highest BCUT2D eigenvalue weighted by molar-refractivity contribution is 14.0. The Morgan fingerprint density at radius 1 is 1.24 bits per heavy atom. The lowest BCUT2D eigenvalue weighted by atomic mass is 10.0. The number of aromatic nitrogens is 1. The van der Waals surface area contributed by atoms with Gasteiger partial charge in [0.1, 0.15) is 11.5 Å². The van der Waals surface area contributed by atoms with E-state index in [-0.39, 0.29) is 36.3 Å². The second-order valence-electron chi connectivity index (χ2n) is 7.56.